The Bertz CT molecular complexity index is 698. The first-order valence-electron chi connectivity index (χ1n) is 7.64. The second-order valence-corrected chi connectivity index (χ2v) is 7.03. The smallest absolute Gasteiger partial charge is 0.124 e. The highest BCUT2D eigenvalue weighted by atomic mass is 16.3. The minimum Gasteiger partial charge on any atom is -0.507 e. The fourth-order valence-corrected chi connectivity index (χ4v) is 2.63. The van der Waals surface area contributed by atoms with Crippen LogP contribution in [-0.2, 0) is 5.41 Å². The van der Waals surface area contributed by atoms with Crippen molar-refractivity contribution in [3.8, 4) is 5.75 Å². The number of aryl methyl sites for hydroxylation is 3. The van der Waals surface area contributed by atoms with E-state index in [0.717, 1.165) is 22.4 Å². The molecule has 0 radical (unpaired) electrons. The molecule has 0 amide bonds. The molecule has 0 fully saturated rings. The number of rotatable bonds is 2. The molecule has 0 saturated heterocycles. The van der Waals surface area contributed by atoms with Crippen molar-refractivity contribution in [3.63, 3.8) is 0 Å². The van der Waals surface area contributed by atoms with Gasteiger partial charge in [-0.2, -0.15) is 0 Å². The van der Waals surface area contributed by atoms with Crippen molar-refractivity contribution in [2.75, 3.05) is 0 Å². The normalized spacial score (nSPS) is 12.1. The van der Waals surface area contributed by atoms with Gasteiger partial charge >= 0.3 is 0 Å². The number of phenolic OH excluding ortho intramolecular Hbond substituents is 1. The molecule has 2 rings (SSSR count). The summed E-state index contributed by atoms with van der Waals surface area (Å²) in [7, 11) is 0. The van der Waals surface area contributed by atoms with Crippen LogP contribution in [0.25, 0.3) is 0 Å². The molecule has 2 aromatic carbocycles. The standard InChI is InChI=1S/C20H25NO/c1-13-9-14(2)19(15(3)10-13)21-12-16-11-17(20(4,5)6)7-8-18(16)22/h7-12,22H,1-6H3/b21-12+. The van der Waals surface area contributed by atoms with Crippen molar-refractivity contribution < 1.29 is 5.11 Å². The van der Waals surface area contributed by atoms with Crippen LogP contribution in [0.2, 0.25) is 0 Å². The van der Waals surface area contributed by atoms with Gasteiger partial charge in [0.2, 0.25) is 0 Å². The first-order valence-corrected chi connectivity index (χ1v) is 7.64. The minimum absolute atomic E-state index is 0.0476. The van der Waals surface area contributed by atoms with Crippen molar-refractivity contribution in [3.05, 3.63) is 58.1 Å². The summed E-state index contributed by atoms with van der Waals surface area (Å²) in [6.45, 7) is 12.7. The SMILES string of the molecule is Cc1cc(C)c(/N=C/c2cc(C(C)(C)C)ccc2O)c(C)c1. The summed E-state index contributed by atoms with van der Waals surface area (Å²) in [6, 6.07) is 9.99. The van der Waals surface area contributed by atoms with Crippen LogP contribution in [0.4, 0.5) is 5.69 Å². The zero-order chi connectivity index (χ0) is 16.5. The number of hydrogen-bond acceptors (Lipinski definition) is 2. The second kappa shape index (κ2) is 5.96. The van der Waals surface area contributed by atoms with Gasteiger partial charge in [0.25, 0.3) is 0 Å². The van der Waals surface area contributed by atoms with Gasteiger partial charge in [-0.25, -0.2) is 0 Å². The molecule has 0 aliphatic carbocycles. The lowest BCUT2D eigenvalue weighted by Gasteiger charge is -2.19. The van der Waals surface area contributed by atoms with E-state index in [2.05, 4.69) is 58.7 Å². The fraction of sp³-hybridized carbons (Fsp3) is 0.350. The lowest BCUT2D eigenvalue weighted by atomic mass is 9.86. The average Bonchev–Trinajstić information content (AvgIpc) is 2.38. The summed E-state index contributed by atoms with van der Waals surface area (Å²) < 4.78 is 0. The summed E-state index contributed by atoms with van der Waals surface area (Å²) in [4.78, 5) is 4.62. The van der Waals surface area contributed by atoms with E-state index in [1.54, 1.807) is 12.3 Å². The number of aromatic hydroxyl groups is 1. The molecular weight excluding hydrogens is 270 g/mol. The Kier molecular flexibility index (Phi) is 4.41. The van der Waals surface area contributed by atoms with Crippen LogP contribution in [0.3, 0.4) is 0 Å². The maximum absolute atomic E-state index is 10.1. The van der Waals surface area contributed by atoms with E-state index >= 15 is 0 Å². The molecule has 0 unspecified atom stereocenters. The molecule has 22 heavy (non-hydrogen) atoms. The third-order valence-corrected chi connectivity index (χ3v) is 3.86. The van der Waals surface area contributed by atoms with Gasteiger partial charge in [0.1, 0.15) is 5.75 Å². The van der Waals surface area contributed by atoms with E-state index in [4.69, 9.17) is 0 Å². The Morgan fingerprint density at radius 3 is 2.09 bits per heavy atom. The highest BCUT2D eigenvalue weighted by Crippen LogP contribution is 2.28. The van der Waals surface area contributed by atoms with Crippen LogP contribution >= 0.6 is 0 Å². The molecule has 2 heteroatoms. The molecule has 0 aliphatic rings. The van der Waals surface area contributed by atoms with E-state index in [1.165, 1.54) is 11.1 Å². The van der Waals surface area contributed by atoms with E-state index in [9.17, 15) is 5.11 Å². The Morgan fingerprint density at radius 2 is 1.55 bits per heavy atom. The van der Waals surface area contributed by atoms with Crippen molar-refractivity contribution >= 4 is 11.9 Å². The van der Waals surface area contributed by atoms with Crippen molar-refractivity contribution in [1.29, 1.82) is 0 Å². The van der Waals surface area contributed by atoms with Gasteiger partial charge in [-0.05, 0) is 55.0 Å². The van der Waals surface area contributed by atoms with Gasteiger partial charge in [0.15, 0.2) is 0 Å². The van der Waals surface area contributed by atoms with Crippen LogP contribution < -0.4 is 0 Å². The maximum Gasteiger partial charge on any atom is 0.124 e. The lowest BCUT2D eigenvalue weighted by molar-refractivity contribution is 0.473. The van der Waals surface area contributed by atoms with Crippen LogP contribution in [0, 0.1) is 20.8 Å². The Balaban J connectivity index is 2.43. The molecule has 0 heterocycles. The summed E-state index contributed by atoms with van der Waals surface area (Å²) in [6.07, 6.45) is 1.76. The van der Waals surface area contributed by atoms with Gasteiger partial charge in [0.05, 0.1) is 5.69 Å². The summed E-state index contributed by atoms with van der Waals surface area (Å²) in [5, 5.41) is 10.1. The van der Waals surface area contributed by atoms with Gasteiger partial charge in [0, 0.05) is 11.8 Å². The number of hydrogen-bond donors (Lipinski definition) is 1. The molecule has 2 nitrogen and oxygen atoms in total. The third kappa shape index (κ3) is 3.56. The molecule has 0 atom stereocenters. The number of aliphatic imine (C=N–C) groups is 1. The van der Waals surface area contributed by atoms with E-state index in [-0.39, 0.29) is 11.2 Å². The Morgan fingerprint density at radius 1 is 0.955 bits per heavy atom. The molecule has 0 saturated carbocycles. The number of nitrogens with zero attached hydrogens (tertiary/aromatic N) is 1. The highest BCUT2D eigenvalue weighted by Gasteiger charge is 2.15. The molecule has 0 bridgehead atoms. The van der Waals surface area contributed by atoms with E-state index < -0.39 is 0 Å². The zero-order valence-corrected chi connectivity index (χ0v) is 14.4. The zero-order valence-electron chi connectivity index (χ0n) is 14.4. The molecular formula is C20H25NO. The van der Waals surface area contributed by atoms with Crippen molar-refractivity contribution in [1.82, 2.24) is 0 Å². The Hall–Kier alpha value is -2.09. The average molecular weight is 295 g/mol. The van der Waals surface area contributed by atoms with Gasteiger partial charge in [-0.3, -0.25) is 4.99 Å². The summed E-state index contributed by atoms with van der Waals surface area (Å²) >= 11 is 0. The molecule has 1 N–H and O–H groups in total. The highest BCUT2D eigenvalue weighted by molar-refractivity contribution is 5.86. The quantitative estimate of drug-likeness (QED) is 0.743. The molecule has 0 aromatic heterocycles. The third-order valence-electron chi connectivity index (χ3n) is 3.86. The maximum atomic E-state index is 10.1. The number of phenols is 1. The van der Waals surface area contributed by atoms with Gasteiger partial charge in [-0.1, -0.05) is 44.5 Å². The molecule has 0 spiro atoms. The topological polar surface area (TPSA) is 32.6 Å². The van der Waals surface area contributed by atoms with Crippen LogP contribution in [0.5, 0.6) is 5.75 Å². The Labute approximate surface area is 133 Å². The number of benzene rings is 2. The predicted octanol–water partition coefficient (Wildman–Crippen LogP) is 5.37. The second-order valence-electron chi connectivity index (χ2n) is 7.03. The monoisotopic (exact) mass is 295 g/mol. The van der Waals surface area contributed by atoms with Crippen LogP contribution in [-0.4, -0.2) is 11.3 Å². The molecule has 2 aromatic rings. The predicted molar refractivity (Wildman–Crippen MR) is 94.7 cm³/mol. The summed E-state index contributed by atoms with van der Waals surface area (Å²) in [5.74, 6) is 0.263. The fourth-order valence-electron chi connectivity index (χ4n) is 2.63. The first-order chi connectivity index (χ1) is 10.2. The largest absolute Gasteiger partial charge is 0.507 e. The molecule has 0 aliphatic heterocycles. The van der Waals surface area contributed by atoms with Gasteiger partial charge < -0.3 is 5.11 Å². The van der Waals surface area contributed by atoms with Crippen LogP contribution in [0.15, 0.2) is 35.3 Å². The summed E-state index contributed by atoms with van der Waals surface area (Å²) in [5.41, 5.74) is 6.51. The van der Waals surface area contributed by atoms with E-state index in [0.29, 0.717) is 0 Å². The molecule has 116 valence electrons. The first kappa shape index (κ1) is 16.3. The lowest BCUT2D eigenvalue weighted by Crippen LogP contribution is -2.11. The van der Waals surface area contributed by atoms with E-state index in [1.807, 2.05) is 12.1 Å². The van der Waals surface area contributed by atoms with Gasteiger partial charge in [-0.15, -0.1) is 0 Å². The van der Waals surface area contributed by atoms with Crippen molar-refractivity contribution in [2.45, 2.75) is 47.0 Å². The van der Waals surface area contributed by atoms with Crippen molar-refractivity contribution in [2.24, 2.45) is 4.99 Å². The minimum atomic E-state index is 0.0476. The van der Waals surface area contributed by atoms with Crippen LogP contribution in [0.1, 0.15) is 48.6 Å².